The Kier molecular flexibility index (Phi) is 14.2. The van der Waals surface area contributed by atoms with Gasteiger partial charge in [-0.05, 0) is 71.8 Å². The Hall–Kier alpha value is -3.05. The van der Waals surface area contributed by atoms with Crippen molar-refractivity contribution in [2.75, 3.05) is 6.61 Å². The summed E-state index contributed by atoms with van der Waals surface area (Å²) in [7, 11) is 0. The Morgan fingerprint density at radius 3 is 1.95 bits per heavy atom. The molecule has 0 aromatic carbocycles. The van der Waals surface area contributed by atoms with E-state index in [9.17, 15) is 20.1 Å². The molecule has 4 atom stereocenters. The normalized spacial score (nSPS) is 27.8. The third-order valence-electron chi connectivity index (χ3n) is 8.93. The summed E-state index contributed by atoms with van der Waals surface area (Å²) in [6.07, 6.45) is 27.8. The predicted molar refractivity (Wildman–Crippen MR) is 186 cm³/mol. The van der Waals surface area contributed by atoms with E-state index >= 15 is 0 Å². The number of aliphatic hydroxyl groups is 3. The maximum atomic E-state index is 12.9. The summed E-state index contributed by atoms with van der Waals surface area (Å²) in [4.78, 5) is 12.9. The molecule has 2 aliphatic rings. The molecule has 0 saturated carbocycles. The van der Waals surface area contributed by atoms with Crippen molar-refractivity contribution in [1.82, 2.24) is 0 Å². The molecule has 240 valence electrons. The molecule has 4 nitrogen and oxygen atoms in total. The molecule has 0 heterocycles. The second-order valence-electron chi connectivity index (χ2n) is 13.8. The van der Waals surface area contributed by atoms with Gasteiger partial charge in [0.2, 0.25) is 0 Å². The molecule has 0 radical (unpaired) electrons. The lowest BCUT2D eigenvalue weighted by molar-refractivity contribution is -0.115. The first kappa shape index (κ1) is 37.1. The van der Waals surface area contributed by atoms with Crippen LogP contribution in [0.5, 0.6) is 0 Å². The Labute approximate surface area is 267 Å². The maximum absolute atomic E-state index is 12.9. The van der Waals surface area contributed by atoms with Gasteiger partial charge in [-0.25, -0.2) is 0 Å². The second-order valence-corrected chi connectivity index (χ2v) is 13.8. The molecule has 4 heteroatoms. The van der Waals surface area contributed by atoms with Crippen LogP contribution < -0.4 is 0 Å². The fourth-order valence-electron chi connectivity index (χ4n) is 6.31. The van der Waals surface area contributed by atoms with E-state index in [1.807, 2.05) is 70.2 Å². The highest BCUT2D eigenvalue weighted by atomic mass is 16.3. The largest absolute Gasteiger partial charge is 0.395 e. The molecule has 0 aliphatic heterocycles. The molecule has 0 amide bonds. The van der Waals surface area contributed by atoms with E-state index in [0.717, 1.165) is 28.7 Å². The zero-order valence-corrected chi connectivity index (χ0v) is 28.5. The number of rotatable bonds is 12. The van der Waals surface area contributed by atoms with Crippen LogP contribution in [0.2, 0.25) is 0 Å². The summed E-state index contributed by atoms with van der Waals surface area (Å²) in [5, 5.41) is 30.2. The summed E-state index contributed by atoms with van der Waals surface area (Å²) in [5.74, 6) is 0.366. The van der Waals surface area contributed by atoms with E-state index < -0.39 is 11.5 Å². The van der Waals surface area contributed by atoms with Crippen LogP contribution in [0.15, 0.2) is 118 Å². The SMILES string of the molecule is CC(C=CC1C(C)=CC(O)CC1(C)C)=CC=CC(C)=C/C=C/C=C(C)/C=C/C=C(\C)C(=O)CC1=C(C)CC(O)CC1(C)CO. The average molecular weight is 601 g/mol. The number of carbonyl (C=O) groups is 1. The monoisotopic (exact) mass is 600 g/mol. The molecule has 2 rings (SSSR count). The first-order valence-corrected chi connectivity index (χ1v) is 15.9. The molecule has 2 aliphatic carbocycles. The highest BCUT2D eigenvalue weighted by Gasteiger charge is 2.37. The lowest BCUT2D eigenvalue weighted by atomic mass is 9.67. The van der Waals surface area contributed by atoms with Gasteiger partial charge in [0, 0.05) is 17.8 Å². The van der Waals surface area contributed by atoms with Crippen LogP contribution in [0.1, 0.15) is 88.0 Å². The fourth-order valence-corrected chi connectivity index (χ4v) is 6.31. The van der Waals surface area contributed by atoms with Crippen molar-refractivity contribution in [2.45, 2.75) is 100 Å². The minimum atomic E-state index is -0.551. The standard InChI is InChI=1S/C40H56O4/c1-28(16-12-17-30(3)20-21-36-32(5)22-34(42)25-39(36,7)8)14-10-11-15-29(2)18-13-19-31(4)38(44)24-37-33(6)23-35(43)26-40(37,9)27-41/h10-22,34-36,41-43H,23-27H2,1-9H3/b11-10+,16-12?,18-13+,21-20?,28-14?,29-15+,30-17?,31-19+. The van der Waals surface area contributed by atoms with Crippen LogP contribution in [0.25, 0.3) is 0 Å². The summed E-state index contributed by atoms with van der Waals surface area (Å²) in [6.45, 7) is 18.4. The van der Waals surface area contributed by atoms with Crippen molar-refractivity contribution in [2.24, 2.45) is 16.7 Å². The summed E-state index contributed by atoms with van der Waals surface area (Å²) >= 11 is 0. The second kappa shape index (κ2) is 16.9. The number of hydrogen-bond donors (Lipinski definition) is 3. The van der Waals surface area contributed by atoms with Gasteiger partial charge in [-0.2, -0.15) is 0 Å². The Morgan fingerprint density at radius 2 is 1.39 bits per heavy atom. The van der Waals surface area contributed by atoms with E-state index in [1.54, 1.807) is 0 Å². The minimum absolute atomic E-state index is 0.0380. The van der Waals surface area contributed by atoms with Crippen LogP contribution in [-0.4, -0.2) is 39.9 Å². The molecule has 0 aromatic heterocycles. The van der Waals surface area contributed by atoms with Gasteiger partial charge in [0.05, 0.1) is 18.8 Å². The average Bonchev–Trinajstić information content (AvgIpc) is 2.91. The molecular weight excluding hydrogens is 544 g/mol. The third kappa shape index (κ3) is 11.5. The number of Topliss-reactive ketones (excluding diaryl/α,β-unsaturated/α-hetero) is 1. The third-order valence-corrected chi connectivity index (χ3v) is 8.93. The zero-order valence-electron chi connectivity index (χ0n) is 28.5. The Bertz CT molecular complexity index is 1330. The van der Waals surface area contributed by atoms with E-state index in [1.165, 1.54) is 11.1 Å². The van der Waals surface area contributed by atoms with Gasteiger partial charge < -0.3 is 15.3 Å². The number of hydrogen-bond acceptors (Lipinski definition) is 4. The maximum Gasteiger partial charge on any atom is 0.162 e. The lowest BCUT2D eigenvalue weighted by Gasteiger charge is -2.38. The van der Waals surface area contributed by atoms with Crippen molar-refractivity contribution in [3.63, 3.8) is 0 Å². The molecule has 0 aromatic rings. The quantitative estimate of drug-likeness (QED) is 0.119. The highest BCUT2D eigenvalue weighted by Crippen LogP contribution is 2.43. The van der Waals surface area contributed by atoms with E-state index in [0.29, 0.717) is 24.3 Å². The Morgan fingerprint density at radius 1 is 0.841 bits per heavy atom. The van der Waals surface area contributed by atoms with Crippen LogP contribution in [0, 0.1) is 16.7 Å². The van der Waals surface area contributed by atoms with Gasteiger partial charge in [0.15, 0.2) is 5.78 Å². The van der Waals surface area contributed by atoms with Crippen molar-refractivity contribution in [3.05, 3.63) is 118 Å². The molecule has 3 N–H and O–H groups in total. The minimum Gasteiger partial charge on any atom is -0.395 e. The molecule has 44 heavy (non-hydrogen) atoms. The van der Waals surface area contributed by atoms with Gasteiger partial charge in [0.25, 0.3) is 0 Å². The topological polar surface area (TPSA) is 77.8 Å². The van der Waals surface area contributed by atoms with Crippen molar-refractivity contribution in [1.29, 1.82) is 0 Å². The predicted octanol–water partition coefficient (Wildman–Crippen LogP) is 8.78. The van der Waals surface area contributed by atoms with Gasteiger partial charge in [-0.1, -0.05) is 133 Å². The van der Waals surface area contributed by atoms with Crippen LogP contribution >= 0.6 is 0 Å². The lowest BCUT2D eigenvalue weighted by Crippen LogP contribution is -2.35. The summed E-state index contributed by atoms with van der Waals surface area (Å²) in [6, 6.07) is 0. The highest BCUT2D eigenvalue weighted by molar-refractivity contribution is 5.96. The van der Waals surface area contributed by atoms with E-state index in [-0.39, 0.29) is 30.3 Å². The van der Waals surface area contributed by atoms with Crippen LogP contribution in [0.4, 0.5) is 0 Å². The smallest absolute Gasteiger partial charge is 0.162 e. The number of ketones is 1. The van der Waals surface area contributed by atoms with Crippen LogP contribution in [0.3, 0.4) is 0 Å². The molecular formula is C40H56O4. The molecule has 4 unspecified atom stereocenters. The first-order valence-electron chi connectivity index (χ1n) is 15.9. The number of allylic oxidation sites excluding steroid dienone is 17. The summed E-state index contributed by atoms with van der Waals surface area (Å²) in [5.41, 5.74) is 6.75. The van der Waals surface area contributed by atoms with E-state index in [4.69, 9.17) is 0 Å². The first-order chi connectivity index (χ1) is 20.6. The molecule has 0 spiro atoms. The van der Waals surface area contributed by atoms with Gasteiger partial charge >= 0.3 is 0 Å². The van der Waals surface area contributed by atoms with Gasteiger partial charge in [-0.15, -0.1) is 0 Å². The van der Waals surface area contributed by atoms with Crippen molar-refractivity contribution in [3.8, 4) is 0 Å². The van der Waals surface area contributed by atoms with Gasteiger partial charge in [0.1, 0.15) is 0 Å². The zero-order chi connectivity index (χ0) is 33.1. The molecule has 0 saturated heterocycles. The molecule has 0 fully saturated rings. The number of aliphatic hydroxyl groups excluding tert-OH is 3. The van der Waals surface area contributed by atoms with Gasteiger partial charge in [-0.3, -0.25) is 4.79 Å². The Balaban J connectivity index is 1.91. The summed E-state index contributed by atoms with van der Waals surface area (Å²) < 4.78 is 0. The number of carbonyl (C=O) groups excluding carboxylic acids is 1. The molecule has 0 bridgehead atoms. The fraction of sp³-hybridized carbons (Fsp3) is 0.475. The van der Waals surface area contributed by atoms with Crippen molar-refractivity contribution >= 4 is 5.78 Å². The van der Waals surface area contributed by atoms with Crippen molar-refractivity contribution < 1.29 is 20.1 Å². The van der Waals surface area contributed by atoms with Crippen LogP contribution in [-0.2, 0) is 4.79 Å². The van der Waals surface area contributed by atoms with E-state index in [2.05, 4.69) is 71.1 Å².